The predicted molar refractivity (Wildman–Crippen MR) is 141 cm³/mol. The highest BCUT2D eigenvalue weighted by Crippen LogP contribution is 2.37. The number of hydrogen-bond donors (Lipinski definition) is 0. The molecule has 0 unspecified atom stereocenters. The zero-order chi connectivity index (χ0) is 27.3. The number of rotatable bonds is 11. The summed E-state index contributed by atoms with van der Waals surface area (Å²) in [6, 6.07) is 10.6. The molecule has 0 amide bonds. The van der Waals surface area contributed by atoms with Crippen molar-refractivity contribution in [1.82, 2.24) is 29.7 Å². The highest BCUT2D eigenvalue weighted by atomic mass is 35.5. The van der Waals surface area contributed by atoms with E-state index in [1.54, 1.807) is 61.0 Å². The largest absolute Gasteiger partial charge is 0.494 e. The van der Waals surface area contributed by atoms with Gasteiger partial charge in [-0.25, -0.2) is 18.4 Å². The van der Waals surface area contributed by atoms with Crippen LogP contribution in [0.3, 0.4) is 0 Å². The van der Waals surface area contributed by atoms with Gasteiger partial charge in [0.1, 0.15) is 34.7 Å². The Kier molecular flexibility index (Phi) is 8.55. The lowest BCUT2D eigenvalue weighted by molar-refractivity contribution is 0.0556. The van der Waals surface area contributed by atoms with E-state index in [-0.39, 0.29) is 18.3 Å². The van der Waals surface area contributed by atoms with Crippen LogP contribution in [-0.4, -0.2) is 64.2 Å². The van der Waals surface area contributed by atoms with Crippen molar-refractivity contribution < 1.29 is 22.6 Å². The molecule has 200 valence electrons. The molecule has 0 aliphatic rings. The minimum atomic E-state index is -3.89. The molecule has 0 saturated carbocycles. The summed E-state index contributed by atoms with van der Waals surface area (Å²) in [5.74, 6) is 1.10. The Morgan fingerprint density at radius 3 is 2.24 bits per heavy atom. The van der Waals surface area contributed by atoms with Gasteiger partial charge in [-0.1, -0.05) is 23.7 Å². The Hall–Kier alpha value is -3.61. The van der Waals surface area contributed by atoms with Crippen LogP contribution >= 0.6 is 11.6 Å². The summed E-state index contributed by atoms with van der Waals surface area (Å²) >= 11 is 5.92. The number of nitrogens with zero attached hydrogens (tertiary/aromatic N) is 6. The fraction of sp³-hybridized carbons (Fsp3) is 0.320. The monoisotopic (exact) mass is 558 g/mol. The lowest BCUT2D eigenvalue weighted by Gasteiger charge is -2.23. The van der Waals surface area contributed by atoms with E-state index in [2.05, 4.69) is 25.1 Å². The summed E-state index contributed by atoms with van der Waals surface area (Å²) in [5, 5.41) is 7.89. The fourth-order valence-electron chi connectivity index (χ4n) is 3.93. The van der Waals surface area contributed by atoms with Gasteiger partial charge in [-0.05, 0) is 38.1 Å². The third-order valence-electron chi connectivity index (χ3n) is 5.81. The maximum atomic E-state index is 13.8. The van der Waals surface area contributed by atoms with Crippen LogP contribution in [-0.2, 0) is 20.3 Å². The standard InChI is InChI=1S/C25H27ClN6O5S/c1-5-37-23(24-28-13-17(26)14-29-24)16(2)38(33,34)15-21-30-31-25(18-9-6-7-12-27-18)32(21)22-19(35-3)10-8-11-20(22)36-4/h6-14,16,23H,5,15H2,1-4H3/t16-,23-/m0/s1. The molecule has 4 rings (SSSR count). The smallest absolute Gasteiger partial charge is 0.187 e. The molecule has 0 saturated heterocycles. The average Bonchev–Trinajstić information content (AvgIpc) is 3.34. The SMILES string of the molecule is CCO[C@H](c1ncc(Cl)cn1)[C@H](C)S(=O)(=O)Cc1nnc(-c2ccccn2)n1-c1c(OC)cccc1OC. The van der Waals surface area contributed by atoms with Crippen molar-refractivity contribution in [2.75, 3.05) is 20.8 Å². The molecule has 0 spiro atoms. The minimum Gasteiger partial charge on any atom is -0.494 e. The Morgan fingerprint density at radius 2 is 1.66 bits per heavy atom. The molecule has 11 nitrogen and oxygen atoms in total. The highest BCUT2D eigenvalue weighted by molar-refractivity contribution is 7.91. The van der Waals surface area contributed by atoms with Crippen LogP contribution in [0.1, 0.15) is 31.6 Å². The quantitative estimate of drug-likeness (QED) is 0.267. The number of aromatic nitrogens is 6. The van der Waals surface area contributed by atoms with Crippen molar-refractivity contribution in [3.63, 3.8) is 0 Å². The van der Waals surface area contributed by atoms with Crippen molar-refractivity contribution in [3.05, 3.63) is 71.7 Å². The third kappa shape index (κ3) is 5.62. The number of ether oxygens (including phenoxy) is 3. The van der Waals surface area contributed by atoms with E-state index in [0.29, 0.717) is 33.7 Å². The number of para-hydroxylation sites is 1. The molecular weight excluding hydrogens is 532 g/mol. The molecule has 0 N–H and O–H groups in total. The van der Waals surface area contributed by atoms with Gasteiger partial charge in [0.25, 0.3) is 0 Å². The van der Waals surface area contributed by atoms with Crippen molar-refractivity contribution in [1.29, 1.82) is 0 Å². The molecule has 0 aliphatic carbocycles. The molecule has 3 heterocycles. The summed E-state index contributed by atoms with van der Waals surface area (Å²) in [4.78, 5) is 12.8. The molecular formula is C25H27ClN6O5S. The van der Waals surface area contributed by atoms with Crippen molar-refractivity contribution in [2.24, 2.45) is 0 Å². The van der Waals surface area contributed by atoms with Gasteiger partial charge < -0.3 is 14.2 Å². The molecule has 0 radical (unpaired) electrons. The number of pyridine rings is 1. The van der Waals surface area contributed by atoms with Gasteiger partial charge in [0.15, 0.2) is 27.3 Å². The lowest BCUT2D eigenvalue weighted by atomic mass is 10.2. The zero-order valence-electron chi connectivity index (χ0n) is 21.3. The first-order valence-corrected chi connectivity index (χ1v) is 13.8. The highest BCUT2D eigenvalue weighted by Gasteiger charge is 2.35. The van der Waals surface area contributed by atoms with Crippen LogP contribution in [0, 0.1) is 0 Å². The first-order chi connectivity index (χ1) is 18.3. The number of halogens is 1. The maximum absolute atomic E-state index is 13.8. The summed E-state index contributed by atoms with van der Waals surface area (Å²) < 4.78 is 46.1. The third-order valence-corrected chi connectivity index (χ3v) is 8.05. The Morgan fingerprint density at radius 1 is 0.974 bits per heavy atom. The molecule has 4 aromatic rings. The Bertz CT molecular complexity index is 1460. The van der Waals surface area contributed by atoms with Crippen molar-refractivity contribution >= 4 is 21.4 Å². The fourth-order valence-corrected chi connectivity index (χ4v) is 5.41. The van der Waals surface area contributed by atoms with Gasteiger partial charge in [0.2, 0.25) is 0 Å². The molecule has 3 aromatic heterocycles. The van der Waals surface area contributed by atoms with Gasteiger partial charge in [0, 0.05) is 25.2 Å². The van der Waals surface area contributed by atoms with Crippen LogP contribution in [0.25, 0.3) is 17.2 Å². The van der Waals surface area contributed by atoms with Gasteiger partial charge in [-0.15, -0.1) is 10.2 Å². The van der Waals surface area contributed by atoms with Crippen LogP contribution in [0.2, 0.25) is 5.02 Å². The first kappa shape index (κ1) is 27.4. The summed E-state index contributed by atoms with van der Waals surface area (Å²) in [5.41, 5.74) is 0.940. The molecule has 0 bridgehead atoms. The molecule has 0 aliphatic heterocycles. The van der Waals surface area contributed by atoms with E-state index in [9.17, 15) is 8.42 Å². The Labute approximate surface area is 225 Å². The minimum absolute atomic E-state index is 0.146. The molecule has 1 aromatic carbocycles. The molecule has 13 heteroatoms. The second-order valence-corrected chi connectivity index (χ2v) is 10.9. The summed E-state index contributed by atoms with van der Waals surface area (Å²) in [6.45, 7) is 3.58. The summed E-state index contributed by atoms with van der Waals surface area (Å²) in [7, 11) is -0.866. The van der Waals surface area contributed by atoms with Gasteiger partial charge in [0.05, 0.1) is 24.5 Å². The van der Waals surface area contributed by atoms with Crippen molar-refractivity contribution in [3.8, 4) is 28.7 Å². The van der Waals surface area contributed by atoms with Gasteiger partial charge in [-0.2, -0.15) is 0 Å². The number of benzene rings is 1. The zero-order valence-corrected chi connectivity index (χ0v) is 22.8. The Balaban J connectivity index is 1.83. The average molecular weight is 559 g/mol. The first-order valence-electron chi connectivity index (χ1n) is 11.7. The molecule has 0 fully saturated rings. The number of hydrogen-bond acceptors (Lipinski definition) is 10. The van der Waals surface area contributed by atoms with Crippen LogP contribution < -0.4 is 9.47 Å². The van der Waals surface area contributed by atoms with Crippen molar-refractivity contribution in [2.45, 2.75) is 31.0 Å². The number of sulfone groups is 1. The van der Waals surface area contributed by atoms with Gasteiger partial charge >= 0.3 is 0 Å². The topological polar surface area (TPSA) is 131 Å². The van der Waals surface area contributed by atoms with Gasteiger partial charge in [-0.3, -0.25) is 9.55 Å². The maximum Gasteiger partial charge on any atom is 0.187 e. The van der Waals surface area contributed by atoms with Crippen LogP contribution in [0.5, 0.6) is 11.5 Å². The lowest BCUT2D eigenvalue weighted by Crippen LogP contribution is -2.30. The molecule has 38 heavy (non-hydrogen) atoms. The van der Waals surface area contributed by atoms with E-state index in [1.165, 1.54) is 26.6 Å². The van der Waals surface area contributed by atoms with Crippen LogP contribution in [0.4, 0.5) is 0 Å². The normalized spacial score (nSPS) is 13.2. The predicted octanol–water partition coefficient (Wildman–Crippen LogP) is 3.87. The van der Waals surface area contributed by atoms with E-state index < -0.39 is 26.9 Å². The van der Waals surface area contributed by atoms with Crippen LogP contribution in [0.15, 0.2) is 55.0 Å². The molecule has 2 atom stereocenters. The van der Waals surface area contributed by atoms with E-state index >= 15 is 0 Å². The van der Waals surface area contributed by atoms with E-state index in [4.69, 9.17) is 25.8 Å². The second-order valence-electron chi connectivity index (χ2n) is 8.15. The van der Waals surface area contributed by atoms with E-state index in [0.717, 1.165) is 0 Å². The van der Waals surface area contributed by atoms with E-state index in [1.807, 2.05) is 0 Å². The number of methoxy groups -OCH3 is 2. The summed E-state index contributed by atoms with van der Waals surface area (Å²) in [6.07, 6.45) is 3.50. The second kappa shape index (κ2) is 11.8.